The van der Waals surface area contributed by atoms with Crippen LogP contribution in [0.15, 0.2) is 42.5 Å². The Morgan fingerprint density at radius 2 is 2.00 bits per heavy atom. The average molecular weight is 510 g/mol. The zero-order valence-corrected chi connectivity index (χ0v) is 22.5. The normalized spacial score (nSPS) is 26.8. The number of amides is 1. The third-order valence-corrected chi connectivity index (χ3v) is 10.6. The number of thioether (sulfide) groups is 1. The van der Waals surface area contributed by atoms with Crippen LogP contribution in [0.3, 0.4) is 0 Å². The van der Waals surface area contributed by atoms with E-state index in [1.807, 2.05) is 18.2 Å². The van der Waals surface area contributed by atoms with Gasteiger partial charge in [-0.25, -0.2) is 0 Å². The summed E-state index contributed by atoms with van der Waals surface area (Å²) in [5.74, 6) is -0.0579. The van der Waals surface area contributed by atoms with E-state index in [0.717, 1.165) is 44.2 Å². The number of methoxy groups -OCH3 is 2. The summed E-state index contributed by atoms with van der Waals surface area (Å²) in [5, 5.41) is 2.85. The number of nitrogens with one attached hydrogen (secondary N) is 1. The maximum Gasteiger partial charge on any atom is 0.210 e. The van der Waals surface area contributed by atoms with Gasteiger partial charge in [-0.05, 0) is 39.2 Å². The van der Waals surface area contributed by atoms with Gasteiger partial charge in [0.15, 0.2) is 5.79 Å². The predicted molar refractivity (Wildman–Crippen MR) is 142 cm³/mol. The lowest BCUT2D eigenvalue weighted by Crippen LogP contribution is -2.54. The number of benzene rings is 1. The van der Waals surface area contributed by atoms with Gasteiger partial charge in [0, 0.05) is 45.2 Å². The Balaban J connectivity index is 0.000000347. The smallest absolute Gasteiger partial charge is 0.210 e. The molecule has 8 heteroatoms. The number of carbonyl (C=O) groups excluding carboxylic acids is 2. The molecular formula is C26H40NO5PS. The van der Waals surface area contributed by atoms with E-state index in [4.69, 9.17) is 14.2 Å². The van der Waals surface area contributed by atoms with Crippen LogP contribution in [0, 0.1) is 0 Å². The van der Waals surface area contributed by atoms with Crippen molar-refractivity contribution >= 4 is 30.9 Å². The van der Waals surface area contributed by atoms with Crippen molar-refractivity contribution in [3.8, 4) is 0 Å². The molecule has 0 bridgehead atoms. The Hall–Kier alpha value is -1.24. The molecule has 0 aromatic heterocycles. The van der Waals surface area contributed by atoms with E-state index in [9.17, 15) is 9.59 Å². The summed E-state index contributed by atoms with van der Waals surface area (Å²) in [4.78, 5) is 23.6. The fraction of sp³-hybridized carbons (Fsp3) is 0.615. The van der Waals surface area contributed by atoms with E-state index >= 15 is 0 Å². The molecule has 6 nitrogen and oxygen atoms in total. The zero-order chi connectivity index (χ0) is 24.7. The highest BCUT2D eigenvalue weighted by Gasteiger charge is 2.52. The highest BCUT2D eigenvalue weighted by Crippen LogP contribution is 2.61. The molecule has 1 aromatic carbocycles. The van der Waals surface area contributed by atoms with Gasteiger partial charge >= 0.3 is 0 Å². The highest BCUT2D eigenvalue weighted by molar-refractivity contribution is 8.27. The van der Waals surface area contributed by atoms with E-state index in [1.165, 1.54) is 30.2 Å². The summed E-state index contributed by atoms with van der Waals surface area (Å²) in [5.41, 5.74) is 1.22. The number of ether oxygens (including phenoxy) is 3. The number of allylic oxidation sites excluding steroid dienone is 2. The Morgan fingerprint density at radius 3 is 2.68 bits per heavy atom. The van der Waals surface area contributed by atoms with Crippen molar-refractivity contribution in [2.45, 2.75) is 69.1 Å². The first-order valence-electron chi connectivity index (χ1n) is 12.1. The summed E-state index contributed by atoms with van der Waals surface area (Å²) >= 11 is 1.39. The molecule has 1 N–H and O–H groups in total. The van der Waals surface area contributed by atoms with E-state index in [-0.39, 0.29) is 16.6 Å². The third kappa shape index (κ3) is 9.09. The molecule has 2 fully saturated rings. The Kier molecular flexibility index (Phi) is 14.0. The minimum Gasteiger partial charge on any atom is -0.385 e. The van der Waals surface area contributed by atoms with E-state index < -0.39 is 13.7 Å². The van der Waals surface area contributed by atoms with Gasteiger partial charge in [-0.1, -0.05) is 67.6 Å². The second-order valence-corrected chi connectivity index (χ2v) is 12.0. The van der Waals surface area contributed by atoms with Gasteiger partial charge in [0.1, 0.15) is 0 Å². The van der Waals surface area contributed by atoms with Crippen molar-refractivity contribution in [3.63, 3.8) is 0 Å². The number of hydrogen-bond donors (Lipinski definition) is 1. The largest absolute Gasteiger partial charge is 0.385 e. The zero-order valence-electron chi connectivity index (χ0n) is 20.7. The van der Waals surface area contributed by atoms with Gasteiger partial charge in [0.05, 0.1) is 12.3 Å². The predicted octanol–water partition coefficient (Wildman–Crippen LogP) is 5.94. The van der Waals surface area contributed by atoms with Gasteiger partial charge in [-0.15, -0.1) is 0 Å². The van der Waals surface area contributed by atoms with E-state index in [0.29, 0.717) is 13.0 Å². The van der Waals surface area contributed by atoms with Crippen LogP contribution in [0.25, 0.3) is 0 Å². The van der Waals surface area contributed by atoms with Crippen molar-refractivity contribution in [2.24, 2.45) is 0 Å². The molecule has 34 heavy (non-hydrogen) atoms. The summed E-state index contributed by atoms with van der Waals surface area (Å²) < 4.78 is 16.8. The maximum atomic E-state index is 12.5. The molecule has 1 aromatic rings. The van der Waals surface area contributed by atoms with Gasteiger partial charge in [0.2, 0.25) is 11.3 Å². The van der Waals surface area contributed by atoms with Gasteiger partial charge in [-0.3, -0.25) is 9.59 Å². The molecule has 4 atom stereocenters. The Bertz CT molecular complexity index is 750. The van der Waals surface area contributed by atoms with E-state index in [2.05, 4.69) is 36.5 Å². The maximum absolute atomic E-state index is 12.5. The molecule has 3 rings (SSSR count). The summed E-state index contributed by atoms with van der Waals surface area (Å²) in [7, 11) is 2.50. The molecule has 0 spiro atoms. The second-order valence-electron chi connectivity index (χ2n) is 8.44. The minimum atomic E-state index is -0.894. The lowest BCUT2D eigenvalue weighted by atomic mass is 9.97. The van der Waals surface area contributed by atoms with Crippen molar-refractivity contribution in [2.75, 3.05) is 33.2 Å². The molecule has 1 amide bonds. The van der Waals surface area contributed by atoms with Crippen LogP contribution in [-0.4, -0.2) is 61.9 Å². The molecule has 190 valence electrons. The van der Waals surface area contributed by atoms with Crippen molar-refractivity contribution in [1.82, 2.24) is 5.32 Å². The topological polar surface area (TPSA) is 73.9 Å². The molecular weight excluding hydrogens is 469 g/mol. The first kappa shape index (κ1) is 29.0. The van der Waals surface area contributed by atoms with Crippen molar-refractivity contribution < 1.29 is 23.8 Å². The molecule has 2 heterocycles. The molecule has 0 aliphatic carbocycles. The van der Waals surface area contributed by atoms with Crippen LogP contribution in [0.2, 0.25) is 0 Å². The highest BCUT2D eigenvalue weighted by atomic mass is 32.2. The standard InChI is InChI=1S/C17H22NO4PS.C9H18O/c1-21-17(9-14(18-12-19)7-8-22-17)15-11-24-16(20)23(15)10-13-5-3-2-4-6-13;1-3-4-5-6-7-8-9-10-2/h2-6,12,14-15H,7-11H2,1H3,(H,18,19);5-6H,3-4,7-9H2,1-2H3/b;6-5-/t14?,15?,17-,23-;/m1./s1. The molecule has 2 aliphatic rings. The minimum absolute atomic E-state index is 0.0328. The molecule has 0 saturated carbocycles. The van der Waals surface area contributed by atoms with Crippen LogP contribution in [-0.2, 0) is 25.2 Å². The summed E-state index contributed by atoms with van der Waals surface area (Å²) in [6.07, 6.45) is 12.1. The van der Waals surface area contributed by atoms with Crippen LogP contribution >= 0.6 is 19.7 Å². The fourth-order valence-electron chi connectivity index (χ4n) is 4.14. The van der Waals surface area contributed by atoms with Crippen LogP contribution in [0.1, 0.15) is 51.0 Å². The molecule has 0 radical (unpaired) electrons. The number of rotatable bonds is 12. The number of unbranched alkanes of at least 4 members (excludes halogenated alkanes) is 2. The number of carbonyl (C=O) groups is 2. The molecule has 2 aliphatic heterocycles. The first-order valence-corrected chi connectivity index (χ1v) is 14.7. The summed E-state index contributed by atoms with van der Waals surface area (Å²) in [6.45, 7) is 3.61. The lowest BCUT2D eigenvalue weighted by Gasteiger charge is -2.44. The third-order valence-electron chi connectivity index (χ3n) is 6.01. The fourth-order valence-corrected chi connectivity index (χ4v) is 9.07. The average Bonchev–Trinajstić information content (AvgIpc) is 3.23. The molecule has 2 unspecified atom stereocenters. The van der Waals surface area contributed by atoms with Crippen molar-refractivity contribution in [3.05, 3.63) is 48.0 Å². The van der Waals surface area contributed by atoms with Gasteiger partial charge < -0.3 is 19.5 Å². The van der Waals surface area contributed by atoms with Gasteiger partial charge in [-0.2, -0.15) is 0 Å². The SMILES string of the molecule is CCC/C=C\CCCOC.CO[C@]1(C2CSC(=O)[P@]2Cc2ccccc2)CC(NC=O)CCO1. The van der Waals surface area contributed by atoms with Gasteiger partial charge in [0.25, 0.3) is 0 Å². The van der Waals surface area contributed by atoms with E-state index in [1.54, 1.807) is 14.2 Å². The summed E-state index contributed by atoms with van der Waals surface area (Å²) in [6, 6.07) is 10.1. The van der Waals surface area contributed by atoms with Crippen molar-refractivity contribution in [1.29, 1.82) is 0 Å². The second kappa shape index (κ2) is 16.4. The van der Waals surface area contributed by atoms with Crippen LogP contribution in [0.4, 0.5) is 4.79 Å². The lowest BCUT2D eigenvalue weighted by molar-refractivity contribution is -0.243. The Morgan fingerprint density at radius 1 is 1.24 bits per heavy atom. The molecule has 2 saturated heterocycles. The number of hydrogen-bond acceptors (Lipinski definition) is 6. The first-order chi connectivity index (χ1) is 16.6. The quantitative estimate of drug-likeness (QED) is 0.163. The Labute approximate surface area is 210 Å². The monoisotopic (exact) mass is 509 g/mol. The van der Waals surface area contributed by atoms with Crippen LogP contribution < -0.4 is 5.32 Å². The van der Waals surface area contributed by atoms with Crippen LogP contribution in [0.5, 0.6) is 0 Å².